The fourth-order valence-corrected chi connectivity index (χ4v) is 3.22. The lowest BCUT2D eigenvalue weighted by atomic mass is 10.0. The fourth-order valence-electron chi connectivity index (χ4n) is 3.22. The minimum Gasteiger partial charge on any atom is -0.465 e. The van der Waals surface area contributed by atoms with E-state index in [-0.39, 0.29) is 11.3 Å². The lowest BCUT2D eigenvalue weighted by molar-refractivity contribution is 0.0602. The van der Waals surface area contributed by atoms with Crippen LogP contribution in [0, 0.1) is 20.8 Å². The molecule has 3 rings (SSSR count). The lowest BCUT2D eigenvalue weighted by Crippen LogP contribution is -2.16. The van der Waals surface area contributed by atoms with Gasteiger partial charge in [0.2, 0.25) is 0 Å². The van der Waals surface area contributed by atoms with Gasteiger partial charge in [-0.15, -0.1) is 0 Å². The van der Waals surface area contributed by atoms with Gasteiger partial charge in [-0.3, -0.25) is 9.78 Å². The number of hydrogen-bond acceptors (Lipinski definition) is 5. The molecule has 148 valence electrons. The molecule has 0 aliphatic rings. The number of pyridine rings is 1. The first-order chi connectivity index (χ1) is 13.9. The van der Waals surface area contributed by atoms with E-state index in [0.29, 0.717) is 5.69 Å². The maximum Gasteiger partial charge on any atom is 0.339 e. The highest BCUT2D eigenvalue weighted by Crippen LogP contribution is 2.26. The molecule has 1 aromatic heterocycles. The summed E-state index contributed by atoms with van der Waals surface area (Å²) in [6.45, 7) is 6.15. The SMILES string of the molecule is COC(=O)c1ccccc1NC(=O)c1cc(Nc2c(C)cc(C)cc2C)ccn1. The highest BCUT2D eigenvalue weighted by Gasteiger charge is 2.15. The van der Waals surface area contributed by atoms with E-state index in [1.807, 2.05) is 13.8 Å². The van der Waals surface area contributed by atoms with Crippen molar-refractivity contribution in [2.45, 2.75) is 20.8 Å². The first-order valence-electron chi connectivity index (χ1n) is 9.18. The van der Waals surface area contributed by atoms with Crippen molar-refractivity contribution in [2.24, 2.45) is 0 Å². The number of aryl methyl sites for hydroxylation is 3. The van der Waals surface area contributed by atoms with Gasteiger partial charge >= 0.3 is 5.97 Å². The molecule has 3 aromatic rings. The molecule has 29 heavy (non-hydrogen) atoms. The van der Waals surface area contributed by atoms with Crippen LogP contribution in [0.2, 0.25) is 0 Å². The van der Waals surface area contributed by atoms with Gasteiger partial charge in [0.05, 0.1) is 18.4 Å². The summed E-state index contributed by atoms with van der Waals surface area (Å²) in [6, 6.07) is 14.4. The van der Waals surface area contributed by atoms with Crippen molar-refractivity contribution in [3.05, 3.63) is 82.7 Å². The number of methoxy groups -OCH3 is 1. The molecule has 0 radical (unpaired) electrons. The number of nitrogens with one attached hydrogen (secondary N) is 2. The average Bonchev–Trinajstić information content (AvgIpc) is 2.70. The number of carbonyl (C=O) groups is 2. The third-order valence-corrected chi connectivity index (χ3v) is 4.52. The zero-order chi connectivity index (χ0) is 21.0. The second-order valence-electron chi connectivity index (χ2n) is 6.82. The third kappa shape index (κ3) is 4.60. The Labute approximate surface area is 169 Å². The van der Waals surface area contributed by atoms with Crippen LogP contribution in [0.3, 0.4) is 0 Å². The van der Waals surface area contributed by atoms with Crippen LogP contribution in [-0.2, 0) is 4.74 Å². The van der Waals surface area contributed by atoms with Crippen LogP contribution in [0.25, 0.3) is 0 Å². The van der Waals surface area contributed by atoms with Gasteiger partial charge in [0, 0.05) is 17.6 Å². The largest absolute Gasteiger partial charge is 0.465 e. The maximum atomic E-state index is 12.7. The number of carbonyl (C=O) groups excluding carboxylic acids is 2. The second-order valence-corrected chi connectivity index (χ2v) is 6.82. The number of aromatic nitrogens is 1. The quantitative estimate of drug-likeness (QED) is 0.613. The molecule has 1 heterocycles. The highest BCUT2D eigenvalue weighted by atomic mass is 16.5. The maximum absolute atomic E-state index is 12.7. The Morgan fingerprint density at radius 2 is 1.66 bits per heavy atom. The van der Waals surface area contributed by atoms with Crippen molar-refractivity contribution >= 4 is 28.9 Å². The van der Waals surface area contributed by atoms with Crippen LogP contribution in [0.15, 0.2) is 54.7 Å². The second kappa shape index (κ2) is 8.56. The summed E-state index contributed by atoms with van der Waals surface area (Å²) in [5, 5.41) is 6.10. The molecule has 6 nitrogen and oxygen atoms in total. The smallest absolute Gasteiger partial charge is 0.339 e. The molecule has 0 aliphatic carbocycles. The number of para-hydroxylation sites is 1. The molecule has 0 saturated carbocycles. The van der Waals surface area contributed by atoms with Gasteiger partial charge in [-0.1, -0.05) is 29.8 Å². The van der Waals surface area contributed by atoms with E-state index >= 15 is 0 Å². The number of rotatable bonds is 5. The van der Waals surface area contributed by atoms with E-state index in [4.69, 9.17) is 4.74 Å². The Morgan fingerprint density at radius 3 is 2.34 bits per heavy atom. The number of ether oxygens (including phenoxy) is 1. The summed E-state index contributed by atoms with van der Waals surface area (Å²) in [7, 11) is 1.30. The summed E-state index contributed by atoms with van der Waals surface area (Å²) in [6.07, 6.45) is 1.57. The predicted octanol–water partition coefficient (Wildman–Crippen LogP) is 4.79. The number of nitrogens with zero attached hydrogens (tertiary/aromatic N) is 1. The van der Waals surface area contributed by atoms with Crippen molar-refractivity contribution in [3.8, 4) is 0 Å². The molecule has 2 aromatic carbocycles. The first-order valence-corrected chi connectivity index (χ1v) is 9.18. The first kappa shape index (κ1) is 20.1. The Bertz CT molecular complexity index is 1050. The zero-order valence-electron chi connectivity index (χ0n) is 16.9. The number of anilines is 3. The van der Waals surface area contributed by atoms with Crippen LogP contribution < -0.4 is 10.6 Å². The lowest BCUT2D eigenvalue weighted by Gasteiger charge is -2.14. The summed E-state index contributed by atoms with van der Waals surface area (Å²) in [5.74, 6) is -0.933. The number of amides is 1. The van der Waals surface area contributed by atoms with Gasteiger partial charge in [-0.2, -0.15) is 0 Å². The summed E-state index contributed by atoms with van der Waals surface area (Å²) < 4.78 is 4.76. The van der Waals surface area contributed by atoms with E-state index in [2.05, 4.69) is 34.7 Å². The van der Waals surface area contributed by atoms with Gasteiger partial charge in [0.15, 0.2) is 0 Å². The molecule has 0 unspecified atom stereocenters. The summed E-state index contributed by atoms with van der Waals surface area (Å²) >= 11 is 0. The number of hydrogen-bond donors (Lipinski definition) is 2. The van der Waals surface area contributed by atoms with Gasteiger partial charge < -0.3 is 15.4 Å². The molecule has 1 amide bonds. The van der Waals surface area contributed by atoms with Gasteiger partial charge in [-0.25, -0.2) is 4.79 Å². The minimum atomic E-state index is -0.519. The average molecular weight is 389 g/mol. The molecular formula is C23H23N3O3. The van der Waals surface area contributed by atoms with Crippen LogP contribution in [0.4, 0.5) is 17.1 Å². The van der Waals surface area contributed by atoms with Crippen molar-refractivity contribution in [1.29, 1.82) is 0 Å². The molecule has 0 atom stereocenters. The molecule has 0 aliphatic heterocycles. The fraction of sp³-hybridized carbons (Fsp3) is 0.174. The molecule has 0 fully saturated rings. The van der Waals surface area contributed by atoms with E-state index in [1.54, 1.807) is 42.6 Å². The monoisotopic (exact) mass is 389 g/mol. The Balaban J connectivity index is 1.84. The van der Waals surface area contributed by atoms with Crippen LogP contribution >= 0.6 is 0 Å². The van der Waals surface area contributed by atoms with Crippen LogP contribution in [0.5, 0.6) is 0 Å². The third-order valence-electron chi connectivity index (χ3n) is 4.52. The molecule has 0 saturated heterocycles. The minimum absolute atomic E-state index is 0.233. The Kier molecular flexibility index (Phi) is 5.93. The Morgan fingerprint density at radius 1 is 0.966 bits per heavy atom. The topological polar surface area (TPSA) is 80.3 Å². The molecule has 0 spiro atoms. The van der Waals surface area contributed by atoms with Crippen molar-refractivity contribution < 1.29 is 14.3 Å². The molecule has 6 heteroatoms. The molecular weight excluding hydrogens is 366 g/mol. The predicted molar refractivity (Wildman–Crippen MR) is 114 cm³/mol. The van der Waals surface area contributed by atoms with E-state index in [1.165, 1.54) is 12.7 Å². The van der Waals surface area contributed by atoms with E-state index in [9.17, 15) is 9.59 Å². The van der Waals surface area contributed by atoms with Crippen molar-refractivity contribution in [3.63, 3.8) is 0 Å². The molecule has 0 bridgehead atoms. The summed E-state index contributed by atoms with van der Waals surface area (Å²) in [4.78, 5) is 28.8. The Hall–Kier alpha value is -3.67. The zero-order valence-corrected chi connectivity index (χ0v) is 16.9. The van der Waals surface area contributed by atoms with Crippen LogP contribution in [0.1, 0.15) is 37.5 Å². The van der Waals surface area contributed by atoms with Crippen molar-refractivity contribution in [2.75, 3.05) is 17.7 Å². The van der Waals surface area contributed by atoms with Crippen LogP contribution in [-0.4, -0.2) is 24.0 Å². The number of esters is 1. The number of benzene rings is 2. The molecule has 2 N–H and O–H groups in total. The normalized spacial score (nSPS) is 10.3. The van der Waals surface area contributed by atoms with E-state index in [0.717, 1.165) is 22.5 Å². The van der Waals surface area contributed by atoms with Gasteiger partial charge in [0.1, 0.15) is 5.69 Å². The van der Waals surface area contributed by atoms with Crippen molar-refractivity contribution in [1.82, 2.24) is 4.98 Å². The standard InChI is InChI=1S/C23H23N3O3/c1-14-11-15(2)21(16(3)12-14)25-17-9-10-24-20(13-17)22(27)26-19-8-6-5-7-18(19)23(28)29-4/h5-13H,1-4H3,(H,24,25)(H,26,27). The van der Waals surface area contributed by atoms with Gasteiger partial charge in [0.25, 0.3) is 5.91 Å². The highest BCUT2D eigenvalue weighted by molar-refractivity contribution is 6.07. The summed E-state index contributed by atoms with van der Waals surface area (Å²) in [5.41, 5.74) is 6.08. The van der Waals surface area contributed by atoms with Gasteiger partial charge in [-0.05, 0) is 56.2 Å². The van der Waals surface area contributed by atoms with E-state index < -0.39 is 11.9 Å².